The van der Waals surface area contributed by atoms with Crippen LogP contribution in [0.5, 0.6) is 0 Å². The summed E-state index contributed by atoms with van der Waals surface area (Å²) in [5.74, 6) is -0.642. The van der Waals surface area contributed by atoms with E-state index in [1.54, 1.807) is 18.3 Å². The van der Waals surface area contributed by atoms with Gasteiger partial charge in [0.25, 0.3) is 5.56 Å². The molecule has 0 aliphatic rings. The number of benzene rings is 1. The summed E-state index contributed by atoms with van der Waals surface area (Å²) in [5.41, 5.74) is 0.473. The monoisotopic (exact) mass is 275 g/mol. The predicted molar refractivity (Wildman–Crippen MR) is 70.1 cm³/mol. The SMILES string of the molecule is O=c1c2c(Cl)c(F)ccc2ncn1-c1cccnc1. The summed E-state index contributed by atoms with van der Waals surface area (Å²) in [5, 5.41) is -0.152. The molecule has 3 rings (SSSR count). The number of hydrogen-bond acceptors (Lipinski definition) is 3. The van der Waals surface area contributed by atoms with E-state index in [1.165, 1.54) is 29.2 Å². The van der Waals surface area contributed by atoms with Gasteiger partial charge in [-0.3, -0.25) is 14.3 Å². The molecule has 0 atom stereocenters. The van der Waals surface area contributed by atoms with E-state index in [2.05, 4.69) is 9.97 Å². The van der Waals surface area contributed by atoms with Gasteiger partial charge < -0.3 is 0 Å². The summed E-state index contributed by atoms with van der Waals surface area (Å²) in [6.07, 6.45) is 4.48. The van der Waals surface area contributed by atoms with Gasteiger partial charge in [-0.2, -0.15) is 0 Å². The molecule has 0 unspecified atom stereocenters. The van der Waals surface area contributed by atoms with Crippen molar-refractivity contribution >= 4 is 22.5 Å². The van der Waals surface area contributed by atoms with Crippen molar-refractivity contribution in [2.24, 2.45) is 0 Å². The Morgan fingerprint density at radius 3 is 2.84 bits per heavy atom. The maximum atomic E-state index is 13.4. The zero-order chi connectivity index (χ0) is 13.4. The van der Waals surface area contributed by atoms with Crippen LogP contribution in [0.15, 0.2) is 47.8 Å². The molecule has 0 radical (unpaired) electrons. The van der Waals surface area contributed by atoms with Crippen molar-refractivity contribution in [1.82, 2.24) is 14.5 Å². The van der Waals surface area contributed by atoms with E-state index in [4.69, 9.17) is 11.6 Å². The van der Waals surface area contributed by atoms with Crippen molar-refractivity contribution in [3.8, 4) is 5.69 Å². The summed E-state index contributed by atoms with van der Waals surface area (Å²) < 4.78 is 14.7. The van der Waals surface area contributed by atoms with E-state index < -0.39 is 11.4 Å². The molecule has 0 N–H and O–H groups in total. The minimum absolute atomic E-state index is 0.0630. The van der Waals surface area contributed by atoms with Gasteiger partial charge in [-0.15, -0.1) is 0 Å². The van der Waals surface area contributed by atoms with Gasteiger partial charge in [0.15, 0.2) is 0 Å². The molecular weight excluding hydrogens is 269 g/mol. The number of fused-ring (bicyclic) bond motifs is 1. The van der Waals surface area contributed by atoms with Crippen molar-refractivity contribution in [1.29, 1.82) is 0 Å². The Bertz CT molecular complexity index is 817. The standard InChI is InChI=1S/C13H7ClFN3O/c14-12-9(15)3-4-10-11(12)13(19)18(7-17-10)8-2-1-5-16-6-8/h1-7H. The Labute approximate surface area is 112 Å². The zero-order valence-electron chi connectivity index (χ0n) is 9.55. The predicted octanol–water partition coefficient (Wildman–Crippen LogP) is 2.57. The molecule has 0 fully saturated rings. The van der Waals surface area contributed by atoms with Gasteiger partial charge in [-0.1, -0.05) is 11.6 Å². The number of hydrogen-bond donors (Lipinski definition) is 0. The van der Waals surface area contributed by atoms with Crippen LogP contribution in [0.4, 0.5) is 4.39 Å². The summed E-state index contributed by atoms with van der Waals surface area (Å²) >= 11 is 5.85. The van der Waals surface area contributed by atoms with E-state index in [9.17, 15) is 9.18 Å². The van der Waals surface area contributed by atoms with Gasteiger partial charge in [0, 0.05) is 6.20 Å². The minimum Gasteiger partial charge on any atom is -0.268 e. The van der Waals surface area contributed by atoms with Crippen LogP contribution in [0.25, 0.3) is 16.6 Å². The maximum absolute atomic E-state index is 13.4. The highest BCUT2D eigenvalue weighted by atomic mass is 35.5. The normalized spacial score (nSPS) is 10.8. The molecule has 0 amide bonds. The third-order valence-corrected chi connectivity index (χ3v) is 3.11. The van der Waals surface area contributed by atoms with Crippen LogP contribution in [0.2, 0.25) is 5.02 Å². The van der Waals surface area contributed by atoms with E-state index in [1.807, 2.05) is 0 Å². The molecular formula is C13H7ClFN3O. The summed E-state index contributed by atoms with van der Waals surface area (Å²) in [6, 6.07) is 6.01. The average molecular weight is 276 g/mol. The van der Waals surface area contributed by atoms with Crippen molar-refractivity contribution in [2.75, 3.05) is 0 Å². The van der Waals surface area contributed by atoms with Crippen LogP contribution in [0.3, 0.4) is 0 Å². The van der Waals surface area contributed by atoms with E-state index in [0.717, 1.165) is 0 Å². The molecule has 0 aliphatic heterocycles. The maximum Gasteiger partial charge on any atom is 0.267 e. The van der Waals surface area contributed by atoms with Gasteiger partial charge in [0.2, 0.25) is 0 Å². The lowest BCUT2D eigenvalue weighted by atomic mass is 10.2. The van der Waals surface area contributed by atoms with Gasteiger partial charge in [-0.25, -0.2) is 9.37 Å². The van der Waals surface area contributed by atoms with Gasteiger partial charge in [0.1, 0.15) is 12.1 Å². The fraction of sp³-hybridized carbons (Fsp3) is 0. The Morgan fingerprint density at radius 2 is 2.11 bits per heavy atom. The molecule has 94 valence electrons. The fourth-order valence-electron chi connectivity index (χ4n) is 1.82. The highest BCUT2D eigenvalue weighted by Crippen LogP contribution is 2.22. The number of pyridine rings is 1. The van der Waals surface area contributed by atoms with Crippen LogP contribution in [0, 0.1) is 5.82 Å². The first kappa shape index (κ1) is 11.8. The molecule has 0 spiro atoms. The molecule has 0 saturated heterocycles. The quantitative estimate of drug-likeness (QED) is 0.686. The Hall–Kier alpha value is -2.27. The molecule has 2 aromatic heterocycles. The second-order valence-electron chi connectivity index (χ2n) is 3.89. The van der Waals surface area contributed by atoms with E-state index >= 15 is 0 Å². The highest BCUT2D eigenvalue weighted by Gasteiger charge is 2.12. The van der Waals surface area contributed by atoms with Crippen molar-refractivity contribution in [3.05, 3.63) is 64.2 Å². The second-order valence-corrected chi connectivity index (χ2v) is 4.26. The topological polar surface area (TPSA) is 47.8 Å². The third-order valence-electron chi connectivity index (χ3n) is 2.74. The lowest BCUT2D eigenvalue weighted by molar-refractivity contribution is 0.629. The van der Waals surface area contributed by atoms with Crippen LogP contribution >= 0.6 is 11.6 Å². The van der Waals surface area contributed by atoms with Crippen LogP contribution < -0.4 is 5.56 Å². The molecule has 1 aromatic carbocycles. The van der Waals surface area contributed by atoms with Crippen LogP contribution in [-0.2, 0) is 0 Å². The molecule has 3 aromatic rings. The van der Waals surface area contributed by atoms with Gasteiger partial charge >= 0.3 is 0 Å². The number of halogens is 2. The van der Waals surface area contributed by atoms with Crippen LogP contribution in [-0.4, -0.2) is 14.5 Å². The first-order valence-corrected chi connectivity index (χ1v) is 5.82. The van der Waals surface area contributed by atoms with E-state index in [-0.39, 0.29) is 10.4 Å². The van der Waals surface area contributed by atoms with E-state index in [0.29, 0.717) is 11.2 Å². The highest BCUT2D eigenvalue weighted by molar-refractivity contribution is 6.35. The van der Waals surface area contributed by atoms with Crippen molar-refractivity contribution in [2.45, 2.75) is 0 Å². The molecule has 6 heteroatoms. The smallest absolute Gasteiger partial charge is 0.267 e. The lowest BCUT2D eigenvalue weighted by Crippen LogP contribution is -2.19. The second kappa shape index (κ2) is 4.44. The lowest BCUT2D eigenvalue weighted by Gasteiger charge is -2.07. The number of nitrogens with zero attached hydrogens (tertiary/aromatic N) is 3. The first-order chi connectivity index (χ1) is 9.18. The van der Waals surface area contributed by atoms with Crippen molar-refractivity contribution in [3.63, 3.8) is 0 Å². The number of rotatable bonds is 1. The van der Waals surface area contributed by atoms with Crippen molar-refractivity contribution < 1.29 is 4.39 Å². The van der Waals surface area contributed by atoms with Gasteiger partial charge in [-0.05, 0) is 24.3 Å². The van der Waals surface area contributed by atoms with Crippen LogP contribution in [0.1, 0.15) is 0 Å². The molecule has 0 saturated carbocycles. The Balaban J connectivity index is 2.39. The first-order valence-electron chi connectivity index (χ1n) is 5.44. The Kier molecular flexibility index (Phi) is 2.76. The Morgan fingerprint density at radius 1 is 1.26 bits per heavy atom. The fourth-order valence-corrected chi connectivity index (χ4v) is 2.07. The number of aromatic nitrogens is 3. The molecule has 2 heterocycles. The summed E-state index contributed by atoms with van der Waals surface area (Å²) in [6.45, 7) is 0. The zero-order valence-corrected chi connectivity index (χ0v) is 10.3. The molecule has 4 nitrogen and oxygen atoms in total. The molecule has 19 heavy (non-hydrogen) atoms. The third kappa shape index (κ3) is 1.88. The summed E-state index contributed by atoms with van der Waals surface area (Å²) in [4.78, 5) is 20.4. The summed E-state index contributed by atoms with van der Waals surface area (Å²) in [7, 11) is 0. The average Bonchev–Trinajstić information content (AvgIpc) is 2.44. The minimum atomic E-state index is -0.642. The van der Waals surface area contributed by atoms with Gasteiger partial charge in [0.05, 0.1) is 27.8 Å². The largest absolute Gasteiger partial charge is 0.268 e. The molecule has 0 bridgehead atoms. The molecule has 0 aliphatic carbocycles.